The second kappa shape index (κ2) is 12.1. The molecule has 2 aliphatic heterocycles. The molecule has 4 N–H and O–H groups in total. The van der Waals surface area contributed by atoms with Crippen molar-refractivity contribution < 1.29 is 23.6 Å². The summed E-state index contributed by atoms with van der Waals surface area (Å²) in [7, 11) is 1.59. The molecular formula is C29H30FN9O4. The van der Waals surface area contributed by atoms with Crippen molar-refractivity contribution >= 4 is 29.3 Å². The van der Waals surface area contributed by atoms with Crippen LogP contribution < -0.4 is 21.3 Å². The predicted molar refractivity (Wildman–Crippen MR) is 156 cm³/mol. The Morgan fingerprint density at radius 2 is 2.05 bits per heavy atom. The van der Waals surface area contributed by atoms with Crippen LogP contribution in [0, 0.1) is 12.9 Å². The third-order valence-electron chi connectivity index (χ3n) is 7.18. The van der Waals surface area contributed by atoms with Crippen molar-refractivity contribution in [3.8, 4) is 16.9 Å². The smallest absolute Gasteiger partial charge is 0.320 e. The van der Waals surface area contributed by atoms with Crippen molar-refractivity contribution in [2.75, 3.05) is 49.3 Å². The average molecular weight is 588 g/mol. The highest BCUT2D eigenvalue weighted by atomic mass is 19.1. The van der Waals surface area contributed by atoms with Gasteiger partial charge in [-0.1, -0.05) is 18.2 Å². The summed E-state index contributed by atoms with van der Waals surface area (Å²) < 4.78 is 20.8. The number of rotatable bonds is 8. The summed E-state index contributed by atoms with van der Waals surface area (Å²) in [6.07, 6.45) is 2.39. The zero-order valence-electron chi connectivity index (χ0n) is 23.5. The highest BCUT2D eigenvalue weighted by Crippen LogP contribution is 2.34. The number of hydrogen-bond donors (Lipinski definition) is 4. The largest absolute Gasteiger partial charge is 0.383 e. The molecule has 222 valence electrons. The molecule has 1 fully saturated rings. The molecular weight excluding hydrogens is 557 g/mol. The molecule has 2 aliphatic rings. The second-order valence-electron chi connectivity index (χ2n) is 10.1. The number of nitrogens with zero attached hydrogens (tertiary/aromatic N) is 5. The second-order valence-corrected chi connectivity index (χ2v) is 10.1. The lowest BCUT2D eigenvalue weighted by molar-refractivity contribution is -0.154. The number of methoxy groups -OCH3 is 1. The molecule has 6 rings (SSSR count). The van der Waals surface area contributed by atoms with E-state index in [1.165, 1.54) is 12.3 Å². The first-order chi connectivity index (χ1) is 20.9. The predicted octanol–water partition coefficient (Wildman–Crippen LogP) is 3.27. The first-order valence-corrected chi connectivity index (χ1v) is 13.7. The molecule has 1 saturated heterocycles. The van der Waals surface area contributed by atoms with E-state index in [0.717, 1.165) is 5.69 Å². The van der Waals surface area contributed by atoms with Gasteiger partial charge in [0, 0.05) is 43.7 Å². The van der Waals surface area contributed by atoms with E-state index in [1.54, 1.807) is 35.2 Å². The molecule has 3 aromatic heterocycles. The maximum absolute atomic E-state index is 14.0. The number of benzene rings is 1. The van der Waals surface area contributed by atoms with Crippen LogP contribution in [0.5, 0.6) is 0 Å². The van der Waals surface area contributed by atoms with Gasteiger partial charge in [0.05, 0.1) is 36.3 Å². The first-order valence-electron chi connectivity index (χ1n) is 13.7. The minimum Gasteiger partial charge on any atom is -0.383 e. The van der Waals surface area contributed by atoms with Crippen molar-refractivity contribution in [2.24, 2.45) is 0 Å². The molecule has 5 heterocycles. The number of carbonyl (C=O) groups is 2. The number of carbonyl (C=O) groups excluding carboxylic acids is 2. The fraction of sp³-hybridized carbons (Fsp3) is 0.276. The minimum absolute atomic E-state index is 0.150. The van der Waals surface area contributed by atoms with Gasteiger partial charge in [0.1, 0.15) is 17.7 Å². The summed E-state index contributed by atoms with van der Waals surface area (Å²) in [6, 6.07) is 13.1. The molecule has 0 unspecified atom stereocenters. The molecule has 13 nitrogen and oxygen atoms in total. The van der Waals surface area contributed by atoms with Crippen LogP contribution in [-0.4, -0.2) is 76.1 Å². The fourth-order valence-electron chi connectivity index (χ4n) is 5.11. The van der Waals surface area contributed by atoms with Gasteiger partial charge in [0.2, 0.25) is 11.9 Å². The third kappa shape index (κ3) is 6.02. The van der Waals surface area contributed by atoms with E-state index >= 15 is 0 Å². The molecule has 2 atom stereocenters. The zero-order valence-corrected chi connectivity index (χ0v) is 23.5. The Morgan fingerprint density at radius 3 is 2.84 bits per heavy atom. The maximum atomic E-state index is 14.0. The van der Waals surface area contributed by atoms with Gasteiger partial charge >= 0.3 is 6.03 Å². The van der Waals surface area contributed by atoms with Crippen LogP contribution in [0.25, 0.3) is 16.9 Å². The van der Waals surface area contributed by atoms with Gasteiger partial charge < -0.3 is 20.7 Å². The van der Waals surface area contributed by atoms with Crippen molar-refractivity contribution in [3.05, 3.63) is 78.0 Å². The summed E-state index contributed by atoms with van der Waals surface area (Å²) in [6.45, 7) is 3.24. The molecule has 0 radical (unpaired) electrons. The van der Waals surface area contributed by atoms with Crippen molar-refractivity contribution in [1.82, 2.24) is 30.1 Å². The van der Waals surface area contributed by atoms with E-state index in [9.17, 15) is 14.0 Å². The molecule has 14 heteroatoms. The van der Waals surface area contributed by atoms with Crippen LogP contribution in [0.15, 0.2) is 60.9 Å². The van der Waals surface area contributed by atoms with E-state index in [0.29, 0.717) is 59.4 Å². The number of anilines is 3. The Morgan fingerprint density at radius 1 is 1.21 bits per heavy atom. The van der Waals surface area contributed by atoms with E-state index < -0.39 is 24.1 Å². The van der Waals surface area contributed by atoms with E-state index in [-0.39, 0.29) is 12.5 Å². The SMILES string of the molecule is COCCN1C[C@@H](NC(=O)Nc2c(C)c(-c3cnc4c(c3)NC(=O)CN4)nn2-c2ccccc2)[C@H](c2ccnc(F)c2)O1. The molecule has 1 aromatic carbocycles. The standard InChI is InChI=1S/C29H30FN9O4/c1-17-25(19-12-21-27(32-14-19)33-15-24(40)34-21)37-39(20-6-4-3-5-7-20)28(17)36-29(41)35-22-16-38(10-11-42-2)43-26(22)18-8-9-31-23(30)13-18/h3-9,12-14,22,26H,10-11,15-16H2,1-2H3,(H,32,33)(H,34,40)(H2,35,36,41)/t22-,26+/m1/s1. The van der Waals surface area contributed by atoms with Gasteiger partial charge in [-0.05, 0) is 42.8 Å². The number of nitrogens with one attached hydrogen (secondary N) is 4. The van der Waals surface area contributed by atoms with Crippen LogP contribution in [0.2, 0.25) is 0 Å². The van der Waals surface area contributed by atoms with Gasteiger partial charge in [-0.15, -0.1) is 0 Å². The Balaban J connectivity index is 1.29. The van der Waals surface area contributed by atoms with Crippen LogP contribution in [-0.2, 0) is 14.4 Å². The highest BCUT2D eigenvalue weighted by Gasteiger charge is 2.37. The number of para-hydroxylation sites is 1. The monoisotopic (exact) mass is 587 g/mol. The number of fused-ring (bicyclic) bond motifs is 1. The molecule has 0 aliphatic carbocycles. The number of halogens is 1. The molecule has 3 amide bonds. The highest BCUT2D eigenvalue weighted by molar-refractivity contribution is 6.00. The lowest BCUT2D eigenvalue weighted by atomic mass is 10.0. The van der Waals surface area contributed by atoms with E-state index in [1.807, 2.05) is 37.3 Å². The number of pyridine rings is 2. The average Bonchev–Trinajstić information content (AvgIpc) is 3.56. The van der Waals surface area contributed by atoms with Gasteiger partial charge in [-0.2, -0.15) is 14.6 Å². The molecule has 43 heavy (non-hydrogen) atoms. The van der Waals surface area contributed by atoms with Crippen molar-refractivity contribution in [1.29, 1.82) is 0 Å². The van der Waals surface area contributed by atoms with Gasteiger partial charge in [0.15, 0.2) is 0 Å². The van der Waals surface area contributed by atoms with Crippen LogP contribution in [0.3, 0.4) is 0 Å². The summed E-state index contributed by atoms with van der Waals surface area (Å²) >= 11 is 0. The van der Waals surface area contributed by atoms with Crippen molar-refractivity contribution in [2.45, 2.75) is 19.1 Å². The minimum atomic E-state index is -0.638. The van der Waals surface area contributed by atoms with Gasteiger partial charge in [0.25, 0.3) is 0 Å². The quantitative estimate of drug-likeness (QED) is 0.228. The fourth-order valence-corrected chi connectivity index (χ4v) is 5.11. The molecule has 0 saturated carbocycles. The summed E-state index contributed by atoms with van der Waals surface area (Å²) in [5.74, 6) is 0.214. The van der Waals surface area contributed by atoms with Crippen molar-refractivity contribution in [3.63, 3.8) is 0 Å². The normalized spacial score (nSPS) is 18.1. The van der Waals surface area contributed by atoms with E-state index in [4.69, 9.17) is 14.7 Å². The topological polar surface area (TPSA) is 148 Å². The molecule has 0 bridgehead atoms. The number of aromatic nitrogens is 4. The Labute approximate surface area is 246 Å². The number of hydroxylamine groups is 2. The van der Waals surface area contributed by atoms with Gasteiger partial charge in [-0.25, -0.2) is 19.4 Å². The zero-order chi connectivity index (χ0) is 29.9. The Bertz CT molecular complexity index is 1650. The molecule has 4 aromatic rings. The maximum Gasteiger partial charge on any atom is 0.320 e. The lowest BCUT2D eigenvalue weighted by Gasteiger charge is -2.19. The summed E-state index contributed by atoms with van der Waals surface area (Å²) in [5, 5.41) is 18.3. The first kappa shape index (κ1) is 28.2. The third-order valence-corrected chi connectivity index (χ3v) is 7.18. The van der Waals surface area contributed by atoms with Crippen LogP contribution in [0.1, 0.15) is 17.2 Å². The van der Waals surface area contributed by atoms with Crippen LogP contribution >= 0.6 is 0 Å². The summed E-state index contributed by atoms with van der Waals surface area (Å²) in [4.78, 5) is 39.6. The number of amides is 3. The number of ether oxygens (including phenoxy) is 1. The number of urea groups is 1. The van der Waals surface area contributed by atoms with Gasteiger partial charge in [-0.3, -0.25) is 14.9 Å². The number of hydrogen-bond acceptors (Lipinski definition) is 9. The Kier molecular flexibility index (Phi) is 7.96. The summed E-state index contributed by atoms with van der Waals surface area (Å²) in [5.41, 5.74) is 3.76. The molecule has 0 spiro atoms. The van der Waals surface area contributed by atoms with Crippen LogP contribution in [0.4, 0.5) is 26.5 Å². The lowest BCUT2D eigenvalue weighted by Crippen LogP contribution is -2.42. The Hall–Kier alpha value is -4.92. The van der Waals surface area contributed by atoms with E-state index in [2.05, 4.69) is 31.2 Å².